The van der Waals surface area contributed by atoms with Crippen LogP contribution in [0.4, 0.5) is 0 Å². The Kier molecular flexibility index (Phi) is 8.56. The normalized spacial score (nSPS) is 12.8. The molecule has 2 heteroatoms. The fourth-order valence-electron chi connectivity index (χ4n) is 2.68. The van der Waals surface area contributed by atoms with Crippen molar-refractivity contribution in [3.8, 4) is 0 Å². The number of hydrogen-bond acceptors (Lipinski definition) is 2. The summed E-state index contributed by atoms with van der Waals surface area (Å²) in [5, 5.41) is 3.64. The van der Waals surface area contributed by atoms with Crippen LogP contribution in [0.1, 0.15) is 56.7 Å². The van der Waals surface area contributed by atoms with Crippen LogP contribution < -0.4 is 5.32 Å². The summed E-state index contributed by atoms with van der Waals surface area (Å²) in [6.45, 7) is 10.1. The standard InChI is InChI=1S/C18H32N2/c1-5-7-10-14-20(4)15-13-18(19-6-2)17-12-9-8-11-16(17)3/h8-9,11-12,18-19H,5-7,10,13-15H2,1-4H3. The molecule has 1 atom stereocenters. The van der Waals surface area contributed by atoms with E-state index in [1.807, 2.05) is 0 Å². The molecule has 1 unspecified atom stereocenters. The lowest BCUT2D eigenvalue weighted by molar-refractivity contribution is 0.301. The molecule has 0 saturated carbocycles. The monoisotopic (exact) mass is 276 g/mol. The maximum absolute atomic E-state index is 3.64. The van der Waals surface area contributed by atoms with Gasteiger partial charge in [-0.3, -0.25) is 0 Å². The smallest absolute Gasteiger partial charge is 0.0334 e. The largest absolute Gasteiger partial charge is 0.310 e. The van der Waals surface area contributed by atoms with Gasteiger partial charge in [-0.2, -0.15) is 0 Å². The minimum Gasteiger partial charge on any atom is -0.310 e. The molecular weight excluding hydrogens is 244 g/mol. The molecule has 1 rings (SSSR count). The second-order valence-electron chi connectivity index (χ2n) is 5.77. The van der Waals surface area contributed by atoms with E-state index in [1.54, 1.807) is 0 Å². The highest BCUT2D eigenvalue weighted by Crippen LogP contribution is 2.20. The van der Waals surface area contributed by atoms with Gasteiger partial charge in [0.05, 0.1) is 0 Å². The Morgan fingerprint density at radius 2 is 1.85 bits per heavy atom. The lowest BCUT2D eigenvalue weighted by Gasteiger charge is -2.24. The Morgan fingerprint density at radius 3 is 2.50 bits per heavy atom. The molecule has 0 fully saturated rings. The summed E-state index contributed by atoms with van der Waals surface area (Å²) >= 11 is 0. The van der Waals surface area contributed by atoms with Gasteiger partial charge in [0, 0.05) is 6.04 Å². The minimum absolute atomic E-state index is 0.481. The zero-order valence-corrected chi connectivity index (χ0v) is 13.8. The Bertz CT molecular complexity index is 362. The highest BCUT2D eigenvalue weighted by molar-refractivity contribution is 5.28. The Labute approximate surface area is 125 Å². The van der Waals surface area contributed by atoms with Crippen LogP contribution in [0.2, 0.25) is 0 Å². The van der Waals surface area contributed by atoms with Crippen LogP contribution in [0.3, 0.4) is 0 Å². The Hall–Kier alpha value is -0.860. The first-order valence-corrected chi connectivity index (χ1v) is 8.16. The lowest BCUT2D eigenvalue weighted by atomic mass is 9.98. The van der Waals surface area contributed by atoms with Crippen LogP contribution in [-0.2, 0) is 0 Å². The van der Waals surface area contributed by atoms with Gasteiger partial charge >= 0.3 is 0 Å². The molecule has 0 saturated heterocycles. The maximum Gasteiger partial charge on any atom is 0.0334 e. The van der Waals surface area contributed by atoms with E-state index in [9.17, 15) is 0 Å². The molecule has 1 N–H and O–H groups in total. The second kappa shape index (κ2) is 9.95. The van der Waals surface area contributed by atoms with E-state index in [-0.39, 0.29) is 0 Å². The summed E-state index contributed by atoms with van der Waals surface area (Å²) in [5.74, 6) is 0. The van der Waals surface area contributed by atoms with E-state index in [2.05, 4.69) is 62.3 Å². The first-order chi connectivity index (χ1) is 9.69. The Balaban J connectivity index is 2.49. The van der Waals surface area contributed by atoms with Gasteiger partial charge in [-0.1, -0.05) is 51.0 Å². The number of nitrogens with zero attached hydrogens (tertiary/aromatic N) is 1. The van der Waals surface area contributed by atoms with Crippen molar-refractivity contribution in [2.75, 3.05) is 26.7 Å². The summed E-state index contributed by atoms with van der Waals surface area (Å²) in [6, 6.07) is 9.23. The fourth-order valence-corrected chi connectivity index (χ4v) is 2.68. The van der Waals surface area contributed by atoms with Crippen molar-refractivity contribution in [2.24, 2.45) is 0 Å². The average Bonchev–Trinajstić information content (AvgIpc) is 2.44. The van der Waals surface area contributed by atoms with Gasteiger partial charge in [-0.15, -0.1) is 0 Å². The summed E-state index contributed by atoms with van der Waals surface area (Å²) in [5.41, 5.74) is 2.85. The highest BCUT2D eigenvalue weighted by atomic mass is 15.1. The topological polar surface area (TPSA) is 15.3 Å². The van der Waals surface area contributed by atoms with Crippen molar-refractivity contribution in [1.29, 1.82) is 0 Å². The number of aryl methyl sites for hydroxylation is 1. The molecule has 0 radical (unpaired) electrons. The average molecular weight is 276 g/mol. The van der Waals surface area contributed by atoms with E-state index in [0.29, 0.717) is 6.04 Å². The summed E-state index contributed by atoms with van der Waals surface area (Å²) in [4.78, 5) is 2.47. The minimum atomic E-state index is 0.481. The fraction of sp³-hybridized carbons (Fsp3) is 0.667. The molecule has 0 aliphatic heterocycles. The van der Waals surface area contributed by atoms with Crippen molar-refractivity contribution in [3.05, 3.63) is 35.4 Å². The van der Waals surface area contributed by atoms with Gasteiger partial charge < -0.3 is 10.2 Å². The van der Waals surface area contributed by atoms with Crippen LogP contribution in [0.25, 0.3) is 0 Å². The van der Waals surface area contributed by atoms with Crippen molar-refractivity contribution in [2.45, 2.75) is 52.5 Å². The van der Waals surface area contributed by atoms with Crippen molar-refractivity contribution in [3.63, 3.8) is 0 Å². The van der Waals surface area contributed by atoms with Gasteiger partial charge in [-0.05, 0) is 57.6 Å². The maximum atomic E-state index is 3.64. The number of benzene rings is 1. The van der Waals surface area contributed by atoms with Crippen LogP contribution in [-0.4, -0.2) is 31.6 Å². The van der Waals surface area contributed by atoms with E-state index >= 15 is 0 Å². The SMILES string of the molecule is CCCCCN(C)CCC(NCC)c1ccccc1C. The third-order valence-electron chi connectivity index (χ3n) is 3.96. The number of nitrogens with one attached hydrogen (secondary N) is 1. The molecular formula is C18H32N2. The van der Waals surface area contributed by atoms with E-state index < -0.39 is 0 Å². The number of hydrogen-bond donors (Lipinski definition) is 1. The van der Waals surface area contributed by atoms with E-state index in [0.717, 1.165) is 13.1 Å². The van der Waals surface area contributed by atoms with Crippen molar-refractivity contribution >= 4 is 0 Å². The molecule has 20 heavy (non-hydrogen) atoms. The third kappa shape index (κ3) is 6.06. The molecule has 2 nitrogen and oxygen atoms in total. The predicted octanol–water partition coefficient (Wildman–Crippen LogP) is 4.16. The van der Waals surface area contributed by atoms with Crippen LogP contribution in [0, 0.1) is 6.92 Å². The lowest BCUT2D eigenvalue weighted by Crippen LogP contribution is -2.28. The van der Waals surface area contributed by atoms with Crippen LogP contribution in [0.15, 0.2) is 24.3 Å². The predicted molar refractivity (Wildman–Crippen MR) is 89.2 cm³/mol. The van der Waals surface area contributed by atoms with Gasteiger partial charge in [0.2, 0.25) is 0 Å². The zero-order valence-electron chi connectivity index (χ0n) is 13.8. The molecule has 0 aliphatic rings. The second-order valence-corrected chi connectivity index (χ2v) is 5.77. The summed E-state index contributed by atoms with van der Waals surface area (Å²) in [7, 11) is 2.25. The van der Waals surface area contributed by atoms with Gasteiger partial charge in [0.15, 0.2) is 0 Å². The molecule has 0 amide bonds. The highest BCUT2D eigenvalue weighted by Gasteiger charge is 2.12. The van der Waals surface area contributed by atoms with E-state index in [1.165, 1.54) is 43.4 Å². The number of rotatable bonds is 10. The molecule has 0 spiro atoms. The third-order valence-corrected chi connectivity index (χ3v) is 3.96. The van der Waals surface area contributed by atoms with Crippen LogP contribution in [0.5, 0.6) is 0 Å². The van der Waals surface area contributed by atoms with Gasteiger partial charge in [0.1, 0.15) is 0 Å². The van der Waals surface area contributed by atoms with Crippen LogP contribution >= 0.6 is 0 Å². The molecule has 0 aromatic heterocycles. The summed E-state index contributed by atoms with van der Waals surface area (Å²) < 4.78 is 0. The molecule has 1 aromatic rings. The van der Waals surface area contributed by atoms with Gasteiger partial charge in [0.25, 0.3) is 0 Å². The molecule has 0 aliphatic carbocycles. The molecule has 114 valence electrons. The molecule has 0 bridgehead atoms. The van der Waals surface area contributed by atoms with E-state index in [4.69, 9.17) is 0 Å². The molecule has 1 aromatic carbocycles. The first kappa shape index (κ1) is 17.2. The summed E-state index contributed by atoms with van der Waals surface area (Å²) in [6.07, 6.45) is 5.15. The van der Waals surface area contributed by atoms with Crippen molar-refractivity contribution < 1.29 is 0 Å². The Morgan fingerprint density at radius 1 is 1.10 bits per heavy atom. The first-order valence-electron chi connectivity index (χ1n) is 8.16. The molecule has 0 heterocycles. The number of unbranched alkanes of at least 4 members (excludes halogenated alkanes) is 2. The van der Waals surface area contributed by atoms with Gasteiger partial charge in [-0.25, -0.2) is 0 Å². The quantitative estimate of drug-likeness (QED) is 0.646. The van der Waals surface area contributed by atoms with Crippen molar-refractivity contribution in [1.82, 2.24) is 10.2 Å². The zero-order chi connectivity index (χ0) is 14.8.